The van der Waals surface area contributed by atoms with E-state index in [4.69, 9.17) is 10.6 Å². The summed E-state index contributed by atoms with van der Waals surface area (Å²) < 4.78 is 0. The number of nitrogens with two attached hydrogens (primary N) is 1. The Labute approximate surface area is 324 Å². The van der Waals surface area contributed by atoms with Crippen LogP contribution in [0.15, 0.2) is 141 Å². The van der Waals surface area contributed by atoms with Gasteiger partial charge < -0.3 is 36.2 Å². The highest BCUT2D eigenvalue weighted by atomic mass is 32.2. The van der Waals surface area contributed by atoms with Crippen molar-refractivity contribution in [2.75, 3.05) is 31.1 Å². The van der Waals surface area contributed by atoms with Crippen molar-refractivity contribution in [3.05, 3.63) is 170 Å². The van der Waals surface area contributed by atoms with Crippen LogP contribution in [0, 0.1) is 0 Å². The van der Waals surface area contributed by atoms with Gasteiger partial charge in [-0.25, -0.2) is 9.78 Å². The van der Waals surface area contributed by atoms with E-state index in [1.165, 1.54) is 17.4 Å². The van der Waals surface area contributed by atoms with Crippen molar-refractivity contribution in [1.29, 1.82) is 0 Å². The highest BCUT2D eigenvalue weighted by Gasteiger charge is 2.48. The van der Waals surface area contributed by atoms with Gasteiger partial charge in [0.05, 0.1) is 11.4 Å². The summed E-state index contributed by atoms with van der Waals surface area (Å²) in [6, 6.07) is 32.0. The molecule has 278 valence electrons. The molecule has 2 fully saturated rings. The number of H-pyrrole nitrogens is 1. The predicted octanol–water partition coefficient (Wildman–Crippen LogP) is 4.79. The number of nitrogens with zero attached hydrogens (tertiary/aromatic N) is 3. The fraction of sp³-hybridized carbons (Fsp3) is 0.195. The van der Waals surface area contributed by atoms with Crippen LogP contribution in [0.2, 0.25) is 0 Å². The van der Waals surface area contributed by atoms with Gasteiger partial charge in [-0.3, -0.25) is 9.59 Å². The van der Waals surface area contributed by atoms with Crippen LogP contribution in [0.25, 0.3) is 5.57 Å². The summed E-state index contributed by atoms with van der Waals surface area (Å²) in [4.78, 5) is 55.2. The Kier molecular flexibility index (Phi) is 10.1. The second-order valence-electron chi connectivity index (χ2n) is 13.3. The summed E-state index contributed by atoms with van der Waals surface area (Å²) in [6.45, 7) is 1.63. The van der Waals surface area contributed by atoms with Gasteiger partial charge in [0, 0.05) is 58.7 Å². The number of aromatic nitrogens is 2. The normalized spacial score (nSPS) is 19.3. The summed E-state index contributed by atoms with van der Waals surface area (Å²) in [7, 11) is 0. The number of rotatable bonds is 11. The van der Waals surface area contributed by atoms with E-state index >= 15 is 0 Å². The molecule has 0 aliphatic carbocycles. The molecule has 3 aliphatic heterocycles. The highest BCUT2D eigenvalue weighted by Crippen LogP contribution is 2.45. The number of benzene rings is 3. The van der Waals surface area contributed by atoms with Crippen LogP contribution in [0.4, 0.5) is 5.13 Å². The van der Waals surface area contributed by atoms with E-state index in [0.29, 0.717) is 23.4 Å². The lowest BCUT2D eigenvalue weighted by molar-refractivity contribution is -0.135. The van der Waals surface area contributed by atoms with Crippen LogP contribution >= 0.6 is 23.1 Å². The summed E-state index contributed by atoms with van der Waals surface area (Å²) in [5.41, 5.74) is 10.5. The van der Waals surface area contributed by atoms with E-state index in [9.17, 15) is 19.5 Å². The minimum atomic E-state index is -1.24. The molecule has 12 nitrogen and oxygen atoms in total. The number of thiazole rings is 1. The third kappa shape index (κ3) is 6.95. The Hall–Kier alpha value is -5.96. The largest absolute Gasteiger partial charge is 0.477 e. The number of pyridine rings is 1. The lowest BCUT2D eigenvalue weighted by atomic mass is 9.80. The summed E-state index contributed by atoms with van der Waals surface area (Å²) in [6.07, 6.45) is 2.33. The first-order chi connectivity index (χ1) is 26.8. The lowest BCUT2D eigenvalue weighted by Crippen LogP contribution is -2.67. The molecule has 2 saturated heterocycles. The van der Waals surface area contributed by atoms with Crippen molar-refractivity contribution in [2.45, 2.75) is 23.4 Å². The molecule has 55 heavy (non-hydrogen) atoms. The van der Waals surface area contributed by atoms with Gasteiger partial charge >= 0.3 is 5.97 Å². The van der Waals surface area contributed by atoms with E-state index in [1.807, 2.05) is 95.9 Å². The highest BCUT2D eigenvalue weighted by molar-refractivity contribution is 8.00. The van der Waals surface area contributed by atoms with Crippen molar-refractivity contribution >= 4 is 51.4 Å². The summed E-state index contributed by atoms with van der Waals surface area (Å²) in [5, 5.41) is 23.2. The van der Waals surface area contributed by atoms with Gasteiger partial charge in [-0.15, -0.1) is 23.1 Å². The number of oxime groups is 1. The second-order valence-corrected chi connectivity index (χ2v) is 15.3. The Morgan fingerprint density at radius 2 is 1.64 bits per heavy atom. The molecule has 14 heteroatoms. The van der Waals surface area contributed by atoms with E-state index in [0.717, 1.165) is 40.8 Å². The van der Waals surface area contributed by atoms with E-state index in [2.05, 4.69) is 25.8 Å². The standard InChI is InChI=1S/C41H37N7O5S2/c42-40-46-32(24-55-40)35(47-53-41(27-10-4-1-5-11-27,28-12-6-2-7-13-28)29-14-8-3-9-15-29)37(50)45-31-22-48-36(39(51)52)30(23-54-38(31)48)34(26-16-18-43-21-26)25-17-19-44-33(49)20-25/h1-15,17,19-20,24,31,38,43H,16,18,21-23H2,(H2,42,46)(H,44,49)(H,45,50)(H,51,52)/b34-26+,47-35-/t31-,38-/m1/s1. The van der Waals surface area contributed by atoms with Gasteiger partial charge in [0.15, 0.2) is 10.8 Å². The molecule has 8 rings (SSSR count). The van der Waals surface area contributed by atoms with Gasteiger partial charge in [-0.05, 0) is 35.7 Å². The van der Waals surface area contributed by atoms with Crippen LogP contribution in [0.3, 0.4) is 0 Å². The number of amides is 1. The van der Waals surface area contributed by atoms with Crippen molar-refractivity contribution < 1.29 is 19.5 Å². The van der Waals surface area contributed by atoms with Crippen LogP contribution in [-0.4, -0.2) is 74.4 Å². The molecule has 3 aromatic carbocycles. The molecule has 0 spiro atoms. The Morgan fingerprint density at radius 1 is 0.982 bits per heavy atom. The van der Waals surface area contributed by atoms with Gasteiger partial charge in [0.2, 0.25) is 11.2 Å². The van der Waals surface area contributed by atoms with Crippen molar-refractivity contribution in [3.8, 4) is 0 Å². The number of anilines is 1. The molecule has 0 bridgehead atoms. The number of thioether (sulfide) groups is 1. The first-order valence-corrected chi connectivity index (χ1v) is 19.7. The smallest absolute Gasteiger partial charge is 0.352 e. The van der Waals surface area contributed by atoms with Gasteiger partial charge in [0.1, 0.15) is 11.4 Å². The number of aromatic amines is 1. The number of fused-ring (bicyclic) bond motifs is 1. The average molecular weight is 772 g/mol. The second kappa shape index (κ2) is 15.4. The number of carboxylic acids is 1. The summed E-state index contributed by atoms with van der Waals surface area (Å²) >= 11 is 2.73. The Bertz CT molecular complexity index is 2270. The number of hydrogen-bond acceptors (Lipinski definition) is 11. The minimum absolute atomic E-state index is 0.0656. The van der Waals surface area contributed by atoms with Crippen molar-refractivity contribution in [2.24, 2.45) is 5.16 Å². The molecule has 1 amide bonds. The number of allylic oxidation sites excluding steroid dienone is 1. The molecule has 2 atom stereocenters. The predicted molar refractivity (Wildman–Crippen MR) is 214 cm³/mol. The number of hydrogen-bond donors (Lipinski definition) is 5. The van der Waals surface area contributed by atoms with Crippen LogP contribution < -0.4 is 21.9 Å². The maximum Gasteiger partial charge on any atom is 0.352 e. The van der Waals surface area contributed by atoms with Crippen LogP contribution in [0.5, 0.6) is 0 Å². The summed E-state index contributed by atoms with van der Waals surface area (Å²) in [5.74, 6) is -1.22. The molecule has 5 aromatic rings. The maximum atomic E-state index is 14.3. The molecule has 5 heterocycles. The topological polar surface area (TPSA) is 175 Å². The zero-order chi connectivity index (χ0) is 37.9. The van der Waals surface area contributed by atoms with Crippen molar-refractivity contribution in [1.82, 2.24) is 25.5 Å². The third-order valence-corrected chi connectivity index (χ3v) is 12.0. The zero-order valence-electron chi connectivity index (χ0n) is 29.5. The lowest BCUT2D eigenvalue weighted by Gasteiger charge is -2.52. The number of carbonyl (C=O) groups is 2. The molecule has 0 radical (unpaired) electrons. The van der Waals surface area contributed by atoms with Crippen molar-refractivity contribution in [3.63, 3.8) is 0 Å². The number of carbonyl (C=O) groups excluding carboxylic acids is 1. The van der Waals surface area contributed by atoms with E-state index in [1.54, 1.807) is 29.4 Å². The Balaban J connectivity index is 1.13. The van der Waals surface area contributed by atoms with Crippen LogP contribution in [0.1, 0.15) is 34.4 Å². The number of nitrogens with one attached hydrogen (secondary N) is 3. The molecule has 6 N–H and O–H groups in total. The first-order valence-electron chi connectivity index (χ1n) is 17.8. The fourth-order valence-electron chi connectivity index (χ4n) is 7.48. The quantitative estimate of drug-likeness (QED) is 0.0714. The molecule has 0 saturated carbocycles. The van der Waals surface area contributed by atoms with E-state index in [-0.39, 0.29) is 39.7 Å². The monoisotopic (exact) mass is 771 g/mol. The average Bonchev–Trinajstić information content (AvgIpc) is 3.89. The molecular weight excluding hydrogens is 735 g/mol. The van der Waals surface area contributed by atoms with Crippen LogP contribution in [-0.2, 0) is 20.0 Å². The third-order valence-electron chi connectivity index (χ3n) is 9.99. The molecule has 0 unspecified atom stereocenters. The zero-order valence-corrected chi connectivity index (χ0v) is 31.1. The molecule has 2 aromatic heterocycles. The first kappa shape index (κ1) is 36.0. The number of carboxylic acid groups (broad SMARTS) is 1. The molecular formula is C41H37N7O5S2. The minimum Gasteiger partial charge on any atom is -0.477 e. The number of nitrogen functional groups attached to an aromatic ring is 1. The fourth-order valence-corrected chi connectivity index (χ4v) is 9.40. The molecule has 3 aliphatic rings. The maximum absolute atomic E-state index is 14.3. The Morgan fingerprint density at radius 3 is 2.18 bits per heavy atom. The SMILES string of the molecule is Nc1nc(/C(=N/OC(c2ccccc2)(c2ccccc2)c2ccccc2)C(=O)N[C@@H]2CN3C(C(=O)O)=C(/C(=C4\CCNC4)c4cc[nH]c(=O)c4)CS[C@H]23)cs1. The van der Waals surface area contributed by atoms with E-state index < -0.39 is 23.5 Å². The number of aliphatic carboxylic acids is 1. The van der Waals surface area contributed by atoms with Gasteiger partial charge in [-0.2, -0.15) is 0 Å². The van der Waals surface area contributed by atoms with Gasteiger partial charge in [-0.1, -0.05) is 96.2 Å². The van der Waals surface area contributed by atoms with Gasteiger partial charge in [0.25, 0.3) is 5.91 Å².